The van der Waals surface area contributed by atoms with Crippen molar-refractivity contribution in [2.24, 2.45) is 24.8 Å². The van der Waals surface area contributed by atoms with E-state index in [9.17, 15) is 0 Å². The lowest BCUT2D eigenvalue weighted by Crippen LogP contribution is -2.34. The summed E-state index contributed by atoms with van der Waals surface area (Å²) in [6, 6.07) is 2.61. The largest absolute Gasteiger partial charge is 0.308 e. The molecule has 0 saturated heterocycles. The molecule has 1 aromatic heterocycles. The molecule has 19 heavy (non-hydrogen) atoms. The maximum absolute atomic E-state index is 4.64. The molecule has 1 N–H and O–H groups in total. The van der Waals surface area contributed by atoms with Crippen molar-refractivity contribution in [2.45, 2.75) is 52.5 Å². The van der Waals surface area contributed by atoms with E-state index in [4.69, 9.17) is 0 Å². The summed E-state index contributed by atoms with van der Waals surface area (Å²) in [6.45, 7) is 8.12. The van der Waals surface area contributed by atoms with Crippen LogP contribution in [0.2, 0.25) is 0 Å². The highest BCUT2D eigenvalue weighted by Crippen LogP contribution is 2.39. The van der Waals surface area contributed by atoms with Gasteiger partial charge in [-0.25, -0.2) is 0 Å². The van der Waals surface area contributed by atoms with Gasteiger partial charge in [-0.15, -0.1) is 0 Å². The first-order chi connectivity index (χ1) is 9.10. The van der Waals surface area contributed by atoms with Crippen molar-refractivity contribution in [1.29, 1.82) is 0 Å². The van der Waals surface area contributed by atoms with E-state index in [1.807, 2.05) is 11.7 Å². The lowest BCUT2D eigenvalue weighted by atomic mass is 9.73. The standard InChI is InChI=1S/C16H29N3/c1-5-7-17-16(15-6-8-19(4)18-15)14-10-12(2)9-13(3)11-14/h6,8,12-14,16-17H,5,7,9-11H2,1-4H3. The molecule has 3 atom stereocenters. The molecule has 0 radical (unpaired) electrons. The van der Waals surface area contributed by atoms with Crippen molar-refractivity contribution in [1.82, 2.24) is 15.1 Å². The first-order valence-electron chi connectivity index (χ1n) is 7.83. The molecule has 0 bridgehead atoms. The molecule has 1 heterocycles. The molecule has 3 heteroatoms. The highest BCUT2D eigenvalue weighted by atomic mass is 15.3. The van der Waals surface area contributed by atoms with Crippen molar-refractivity contribution < 1.29 is 0 Å². The first kappa shape index (κ1) is 14.6. The lowest BCUT2D eigenvalue weighted by Gasteiger charge is -2.36. The average molecular weight is 263 g/mol. The third-order valence-electron chi connectivity index (χ3n) is 4.35. The molecule has 0 amide bonds. The Morgan fingerprint density at radius 1 is 1.32 bits per heavy atom. The van der Waals surface area contributed by atoms with Gasteiger partial charge in [0.1, 0.15) is 0 Å². The topological polar surface area (TPSA) is 29.9 Å². The molecule has 3 unspecified atom stereocenters. The Bertz CT molecular complexity index is 375. The molecule has 2 rings (SSSR count). The lowest BCUT2D eigenvalue weighted by molar-refractivity contribution is 0.174. The normalized spacial score (nSPS) is 29.4. The molecule has 0 aromatic carbocycles. The minimum Gasteiger partial charge on any atom is -0.308 e. The van der Waals surface area contributed by atoms with Crippen LogP contribution < -0.4 is 5.32 Å². The van der Waals surface area contributed by atoms with Crippen molar-refractivity contribution >= 4 is 0 Å². The second kappa shape index (κ2) is 6.56. The fraction of sp³-hybridized carbons (Fsp3) is 0.812. The summed E-state index contributed by atoms with van der Waals surface area (Å²) >= 11 is 0. The molecule has 1 saturated carbocycles. The van der Waals surface area contributed by atoms with Crippen LogP contribution in [0.15, 0.2) is 12.3 Å². The third kappa shape index (κ3) is 3.82. The van der Waals surface area contributed by atoms with Gasteiger partial charge in [-0.3, -0.25) is 4.68 Å². The van der Waals surface area contributed by atoms with E-state index in [2.05, 4.69) is 43.4 Å². The van der Waals surface area contributed by atoms with Crippen molar-refractivity contribution in [3.8, 4) is 0 Å². The fourth-order valence-corrected chi connectivity index (χ4v) is 3.69. The maximum atomic E-state index is 4.64. The van der Waals surface area contributed by atoms with Crippen LogP contribution in [-0.2, 0) is 7.05 Å². The number of aromatic nitrogens is 2. The van der Waals surface area contributed by atoms with Gasteiger partial charge < -0.3 is 5.32 Å². The van der Waals surface area contributed by atoms with Gasteiger partial charge in [0.25, 0.3) is 0 Å². The molecular weight excluding hydrogens is 234 g/mol. The van der Waals surface area contributed by atoms with Crippen LogP contribution in [0.4, 0.5) is 0 Å². The summed E-state index contributed by atoms with van der Waals surface area (Å²) in [5.74, 6) is 2.44. The highest BCUT2D eigenvalue weighted by Gasteiger charge is 2.31. The van der Waals surface area contributed by atoms with Gasteiger partial charge in [0.2, 0.25) is 0 Å². The Balaban J connectivity index is 2.12. The van der Waals surface area contributed by atoms with Crippen LogP contribution in [0.25, 0.3) is 0 Å². The van der Waals surface area contributed by atoms with Crippen LogP contribution in [0, 0.1) is 17.8 Å². The van der Waals surface area contributed by atoms with Gasteiger partial charge in [-0.05, 0) is 56.0 Å². The predicted octanol–water partition coefficient (Wildman–Crippen LogP) is 3.53. The molecule has 0 aliphatic heterocycles. The van der Waals surface area contributed by atoms with Gasteiger partial charge in [-0.2, -0.15) is 5.10 Å². The van der Waals surface area contributed by atoms with Crippen LogP contribution in [0.5, 0.6) is 0 Å². The molecule has 1 aliphatic carbocycles. The van der Waals surface area contributed by atoms with Crippen LogP contribution in [0.1, 0.15) is 58.2 Å². The molecule has 1 aliphatic rings. The SMILES string of the molecule is CCCNC(c1ccn(C)n1)C1CC(C)CC(C)C1. The van der Waals surface area contributed by atoms with Crippen LogP contribution in [-0.4, -0.2) is 16.3 Å². The summed E-state index contributed by atoms with van der Waals surface area (Å²) < 4.78 is 1.92. The van der Waals surface area contributed by atoms with Crippen molar-refractivity contribution in [2.75, 3.05) is 6.54 Å². The molecule has 108 valence electrons. The zero-order chi connectivity index (χ0) is 13.8. The smallest absolute Gasteiger partial charge is 0.0796 e. The quantitative estimate of drug-likeness (QED) is 0.880. The van der Waals surface area contributed by atoms with Crippen LogP contribution >= 0.6 is 0 Å². The first-order valence-corrected chi connectivity index (χ1v) is 7.83. The van der Waals surface area contributed by atoms with E-state index >= 15 is 0 Å². The maximum Gasteiger partial charge on any atom is 0.0796 e. The molecule has 1 fully saturated rings. The minimum absolute atomic E-state index is 0.436. The molecule has 1 aromatic rings. The second-order valence-corrected chi connectivity index (χ2v) is 6.52. The average Bonchev–Trinajstić information content (AvgIpc) is 2.75. The Kier molecular flexibility index (Phi) is 5.03. The number of hydrogen-bond donors (Lipinski definition) is 1. The number of nitrogens with one attached hydrogen (secondary N) is 1. The number of aryl methyl sites for hydroxylation is 1. The number of rotatable bonds is 5. The molecule has 3 nitrogen and oxygen atoms in total. The van der Waals surface area contributed by atoms with Gasteiger partial charge >= 0.3 is 0 Å². The minimum atomic E-state index is 0.436. The summed E-state index contributed by atoms with van der Waals surface area (Å²) in [7, 11) is 2.01. The van der Waals surface area contributed by atoms with Gasteiger partial charge in [0, 0.05) is 13.2 Å². The fourth-order valence-electron chi connectivity index (χ4n) is 3.69. The van der Waals surface area contributed by atoms with Gasteiger partial charge in [0.15, 0.2) is 0 Å². The van der Waals surface area contributed by atoms with Crippen LogP contribution in [0.3, 0.4) is 0 Å². The summed E-state index contributed by atoms with van der Waals surface area (Å²) in [5.41, 5.74) is 1.22. The molecular formula is C16H29N3. The highest BCUT2D eigenvalue weighted by molar-refractivity contribution is 5.08. The van der Waals surface area contributed by atoms with Crippen molar-refractivity contribution in [3.63, 3.8) is 0 Å². The monoisotopic (exact) mass is 263 g/mol. The van der Waals surface area contributed by atoms with Gasteiger partial charge in [0.05, 0.1) is 11.7 Å². The summed E-state index contributed by atoms with van der Waals surface area (Å²) in [4.78, 5) is 0. The van der Waals surface area contributed by atoms with E-state index in [0.29, 0.717) is 6.04 Å². The number of nitrogens with zero attached hydrogens (tertiary/aromatic N) is 2. The Labute approximate surface area is 117 Å². The summed E-state index contributed by atoms with van der Waals surface area (Å²) in [5, 5.41) is 8.38. The Morgan fingerprint density at radius 2 is 2.00 bits per heavy atom. The van der Waals surface area contributed by atoms with Gasteiger partial charge in [-0.1, -0.05) is 20.8 Å². The Morgan fingerprint density at radius 3 is 2.53 bits per heavy atom. The van der Waals surface area contributed by atoms with E-state index in [1.165, 1.54) is 31.4 Å². The third-order valence-corrected chi connectivity index (χ3v) is 4.35. The van der Waals surface area contributed by atoms with E-state index < -0.39 is 0 Å². The Hall–Kier alpha value is -0.830. The van der Waals surface area contributed by atoms with E-state index in [1.54, 1.807) is 0 Å². The summed E-state index contributed by atoms with van der Waals surface area (Å²) in [6.07, 6.45) is 7.30. The van der Waals surface area contributed by atoms with E-state index in [-0.39, 0.29) is 0 Å². The second-order valence-electron chi connectivity index (χ2n) is 6.52. The van der Waals surface area contributed by atoms with E-state index in [0.717, 1.165) is 24.3 Å². The molecule has 0 spiro atoms. The number of hydrogen-bond acceptors (Lipinski definition) is 2. The zero-order valence-electron chi connectivity index (χ0n) is 12.9. The zero-order valence-corrected chi connectivity index (χ0v) is 12.9. The predicted molar refractivity (Wildman–Crippen MR) is 79.9 cm³/mol. The van der Waals surface area contributed by atoms with Crippen molar-refractivity contribution in [3.05, 3.63) is 18.0 Å².